The van der Waals surface area contributed by atoms with Crippen molar-refractivity contribution < 1.29 is 9.53 Å². The first-order valence-corrected chi connectivity index (χ1v) is 5.97. The molecule has 1 aliphatic heterocycles. The molecule has 0 saturated carbocycles. The van der Waals surface area contributed by atoms with E-state index in [1.54, 1.807) is 4.90 Å². The first-order valence-electron chi connectivity index (χ1n) is 5.97. The van der Waals surface area contributed by atoms with Crippen LogP contribution in [0.2, 0.25) is 0 Å². The van der Waals surface area contributed by atoms with Crippen molar-refractivity contribution >= 4 is 6.09 Å². The van der Waals surface area contributed by atoms with E-state index in [0.29, 0.717) is 12.5 Å². The predicted molar refractivity (Wildman–Crippen MR) is 64.2 cm³/mol. The van der Waals surface area contributed by atoms with Gasteiger partial charge in [-0.2, -0.15) is 0 Å². The molecule has 16 heavy (non-hydrogen) atoms. The minimum absolute atomic E-state index is 0.0764. The Morgan fingerprint density at radius 1 is 1.44 bits per heavy atom. The van der Waals surface area contributed by atoms with Gasteiger partial charge in [-0.25, -0.2) is 4.79 Å². The highest BCUT2D eigenvalue weighted by molar-refractivity contribution is 5.69. The third-order valence-corrected chi connectivity index (χ3v) is 2.81. The molecular formula is C12H24N2O2. The molecule has 1 amide bonds. The smallest absolute Gasteiger partial charge is 0.410 e. The monoisotopic (exact) mass is 228 g/mol. The molecule has 2 N–H and O–H groups in total. The van der Waals surface area contributed by atoms with Gasteiger partial charge >= 0.3 is 6.09 Å². The molecule has 0 aromatic rings. The van der Waals surface area contributed by atoms with Crippen molar-refractivity contribution in [2.45, 2.75) is 58.7 Å². The van der Waals surface area contributed by atoms with Crippen molar-refractivity contribution in [3.05, 3.63) is 0 Å². The standard InChI is InChI=1S/C12H24N2O2/c1-8(2)10-9(13)6-7-14(10)11(15)16-12(3,4)5/h8-10H,6-7,13H2,1-5H3/t9-,10-/m1/s1. The van der Waals surface area contributed by atoms with Gasteiger partial charge in [-0.1, -0.05) is 13.8 Å². The molecule has 94 valence electrons. The maximum atomic E-state index is 12.0. The van der Waals surface area contributed by atoms with E-state index < -0.39 is 5.60 Å². The number of nitrogens with zero attached hydrogens (tertiary/aromatic N) is 1. The Kier molecular flexibility index (Phi) is 3.84. The topological polar surface area (TPSA) is 55.6 Å². The summed E-state index contributed by atoms with van der Waals surface area (Å²) in [5, 5.41) is 0. The van der Waals surface area contributed by atoms with E-state index in [9.17, 15) is 4.79 Å². The quantitative estimate of drug-likeness (QED) is 0.746. The number of carbonyl (C=O) groups is 1. The van der Waals surface area contributed by atoms with Crippen LogP contribution < -0.4 is 5.73 Å². The molecule has 1 fully saturated rings. The zero-order valence-corrected chi connectivity index (χ0v) is 11.0. The summed E-state index contributed by atoms with van der Waals surface area (Å²) < 4.78 is 5.38. The first kappa shape index (κ1) is 13.3. The molecule has 0 aromatic heterocycles. The number of rotatable bonds is 1. The average molecular weight is 228 g/mol. The maximum absolute atomic E-state index is 12.0. The number of carbonyl (C=O) groups excluding carboxylic acids is 1. The lowest BCUT2D eigenvalue weighted by Gasteiger charge is -2.32. The molecule has 1 rings (SSSR count). The summed E-state index contributed by atoms with van der Waals surface area (Å²) in [4.78, 5) is 13.7. The van der Waals surface area contributed by atoms with Crippen LogP contribution in [0, 0.1) is 5.92 Å². The number of likely N-dealkylation sites (tertiary alicyclic amines) is 1. The summed E-state index contributed by atoms with van der Waals surface area (Å²) in [6.07, 6.45) is 0.626. The Bertz CT molecular complexity index is 258. The minimum Gasteiger partial charge on any atom is -0.444 e. The number of nitrogens with two attached hydrogens (primary N) is 1. The van der Waals surface area contributed by atoms with Crippen LogP contribution in [0.5, 0.6) is 0 Å². The van der Waals surface area contributed by atoms with Gasteiger partial charge in [-0.15, -0.1) is 0 Å². The van der Waals surface area contributed by atoms with Crippen LogP contribution in [0.25, 0.3) is 0 Å². The van der Waals surface area contributed by atoms with Gasteiger partial charge in [0.2, 0.25) is 0 Å². The molecule has 4 heteroatoms. The van der Waals surface area contributed by atoms with Crippen molar-refractivity contribution in [3.63, 3.8) is 0 Å². The predicted octanol–water partition coefficient (Wildman–Crippen LogP) is 1.98. The van der Waals surface area contributed by atoms with Crippen LogP contribution in [0.3, 0.4) is 0 Å². The molecule has 4 nitrogen and oxygen atoms in total. The summed E-state index contributed by atoms with van der Waals surface area (Å²) >= 11 is 0. The van der Waals surface area contributed by atoms with Gasteiger partial charge in [0.25, 0.3) is 0 Å². The lowest BCUT2D eigenvalue weighted by atomic mass is 9.98. The van der Waals surface area contributed by atoms with E-state index in [2.05, 4.69) is 13.8 Å². The molecule has 2 atom stereocenters. The summed E-state index contributed by atoms with van der Waals surface area (Å²) in [6, 6.07) is 0.183. The van der Waals surface area contributed by atoms with Gasteiger partial charge < -0.3 is 15.4 Å². The highest BCUT2D eigenvalue weighted by Gasteiger charge is 2.38. The van der Waals surface area contributed by atoms with Crippen LogP contribution in [0.1, 0.15) is 41.0 Å². The van der Waals surface area contributed by atoms with E-state index in [0.717, 1.165) is 6.42 Å². The van der Waals surface area contributed by atoms with Crippen molar-refractivity contribution in [1.82, 2.24) is 4.90 Å². The fourth-order valence-corrected chi connectivity index (χ4v) is 2.23. The first-order chi connectivity index (χ1) is 7.22. The molecule has 0 unspecified atom stereocenters. The molecule has 1 saturated heterocycles. The van der Waals surface area contributed by atoms with Gasteiger partial charge in [0.05, 0.1) is 6.04 Å². The zero-order chi connectivity index (χ0) is 12.5. The Balaban J connectivity index is 2.69. The van der Waals surface area contributed by atoms with E-state index in [1.165, 1.54) is 0 Å². The Labute approximate surface area is 98.1 Å². The fourth-order valence-electron chi connectivity index (χ4n) is 2.23. The summed E-state index contributed by atoms with van der Waals surface area (Å²) in [6.45, 7) is 10.5. The molecule has 0 aliphatic carbocycles. The highest BCUT2D eigenvalue weighted by Crippen LogP contribution is 2.25. The molecule has 0 bridgehead atoms. The van der Waals surface area contributed by atoms with Crippen LogP contribution in [-0.2, 0) is 4.74 Å². The Morgan fingerprint density at radius 2 is 2.00 bits per heavy atom. The van der Waals surface area contributed by atoms with Gasteiger partial charge in [0, 0.05) is 12.6 Å². The van der Waals surface area contributed by atoms with Crippen molar-refractivity contribution in [2.24, 2.45) is 11.7 Å². The third kappa shape index (κ3) is 3.11. The maximum Gasteiger partial charge on any atom is 0.410 e. The van der Waals surface area contributed by atoms with Crippen molar-refractivity contribution in [3.8, 4) is 0 Å². The SMILES string of the molecule is CC(C)[C@@H]1[C@H](N)CCN1C(=O)OC(C)(C)C. The number of hydrogen-bond donors (Lipinski definition) is 1. The molecule has 0 aromatic carbocycles. The van der Waals surface area contributed by atoms with Crippen LogP contribution >= 0.6 is 0 Å². The van der Waals surface area contributed by atoms with Gasteiger partial charge in [-0.3, -0.25) is 0 Å². The van der Waals surface area contributed by atoms with Crippen LogP contribution in [0.15, 0.2) is 0 Å². The number of hydrogen-bond acceptors (Lipinski definition) is 3. The van der Waals surface area contributed by atoms with Crippen molar-refractivity contribution in [1.29, 1.82) is 0 Å². The van der Waals surface area contributed by atoms with E-state index in [4.69, 9.17) is 10.5 Å². The summed E-state index contributed by atoms with van der Waals surface area (Å²) in [5.74, 6) is 0.366. The molecular weight excluding hydrogens is 204 g/mol. The lowest BCUT2D eigenvalue weighted by Crippen LogP contribution is -2.47. The summed E-state index contributed by atoms with van der Waals surface area (Å²) in [7, 11) is 0. The van der Waals surface area contributed by atoms with Crippen molar-refractivity contribution in [2.75, 3.05) is 6.54 Å². The summed E-state index contributed by atoms with van der Waals surface area (Å²) in [5.41, 5.74) is 5.58. The van der Waals surface area contributed by atoms with E-state index >= 15 is 0 Å². The van der Waals surface area contributed by atoms with Gasteiger partial charge in [-0.05, 0) is 33.1 Å². The molecule has 1 aliphatic rings. The van der Waals surface area contributed by atoms with Crippen LogP contribution in [0.4, 0.5) is 4.79 Å². The second-order valence-electron chi connectivity index (χ2n) is 5.86. The zero-order valence-electron chi connectivity index (χ0n) is 11.0. The fraction of sp³-hybridized carbons (Fsp3) is 0.917. The second-order valence-corrected chi connectivity index (χ2v) is 5.86. The van der Waals surface area contributed by atoms with Crippen LogP contribution in [-0.4, -0.2) is 35.2 Å². The Morgan fingerprint density at radius 3 is 2.44 bits per heavy atom. The van der Waals surface area contributed by atoms with Gasteiger partial charge in [0.1, 0.15) is 5.60 Å². The molecule has 1 heterocycles. The average Bonchev–Trinajstić information content (AvgIpc) is 2.43. The number of amides is 1. The largest absolute Gasteiger partial charge is 0.444 e. The van der Waals surface area contributed by atoms with E-state index in [-0.39, 0.29) is 18.2 Å². The van der Waals surface area contributed by atoms with Gasteiger partial charge in [0.15, 0.2) is 0 Å². The Hall–Kier alpha value is -0.770. The second kappa shape index (κ2) is 4.62. The normalized spacial score (nSPS) is 26.3. The molecule has 0 radical (unpaired) electrons. The lowest BCUT2D eigenvalue weighted by molar-refractivity contribution is 0.0182. The third-order valence-electron chi connectivity index (χ3n) is 2.81. The highest BCUT2D eigenvalue weighted by atomic mass is 16.6. The van der Waals surface area contributed by atoms with E-state index in [1.807, 2.05) is 20.8 Å². The molecule has 0 spiro atoms. The number of ether oxygens (including phenoxy) is 1. The minimum atomic E-state index is -0.439.